The van der Waals surface area contributed by atoms with Gasteiger partial charge in [0.25, 0.3) is 0 Å². The normalized spacial score (nSPS) is 26.6. The van der Waals surface area contributed by atoms with Crippen LogP contribution in [0.5, 0.6) is 0 Å². The van der Waals surface area contributed by atoms with E-state index in [1.807, 2.05) is 6.26 Å². The van der Waals surface area contributed by atoms with Crippen LogP contribution in [-0.2, 0) is 12.0 Å². The minimum atomic E-state index is 0.232. The molecule has 1 aliphatic heterocycles. The molecule has 1 saturated carbocycles. The highest BCUT2D eigenvalue weighted by Gasteiger charge is 2.42. The van der Waals surface area contributed by atoms with Gasteiger partial charge in [0.2, 0.25) is 0 Å². The van der Waals surface area contributed by atoms with E-state index in [9.17, 15) is 0 Å². The molecule has 2 nitrogen and oxygen atoms in total. The number of hydrogen-bond donors (Lipinski definition) is 1. The van der Waals surface area contributed by atoms with E-state index in [1.54, 1.807) is 0 Å². The zero-order valence-corrected chi connectivity index (χ0v) is 10.3. The molecule has 3 rings (SSSR count). The lowest BCUT2D eigenvalue weighted by atomic mass is 9.66. The van der Waals surface area contributed by atoms with E-state index in [1.165, 1.54) is 37.0 Å². The molecule has 1 spiro atoms. The molecule has 1 aromatic rings. The van der Waals surface area contributed by atoms with E-state index in [-0.39, 0.29) is 5.54 Å². The van der Waals surface area contributed by atoms with E-state index in [4.69, 9.17) is 4.42 Å². The van der Waals surface area contributed by atoms with E-state index in [2.05, 4.69) is 25.2 Å². The Kier molecular flexibility index (Phi) is 2.19. The maximum Gasteiger partial charge on any atom is 0.110 e. The van der Waals surface area contributed by atoms with Crippen LogP contribution in [0.4, 0.5) is 0 Å². The van der Waals surface area contributed by atoms with Gasteiger partial charge in [-0.05, 0) is 37.2 Å². The van der Waals surface area contributed by atoms with Gasteiger partial charge in [0.1, 0.15) is 5.76 Å². The Morgan fingerprint density at radius 3 is 2.69 bits per heavy atom. The summed E-state index contributed by atoms with van der Waals surface area (Å²) in [5.74, 6) is 1.22. The molecule has 0 saturated heterocycles. The molecule has 88 valence electrons. The second-order valence-electron chi connectivity index (χ2n) is 6.18. The van der Waals surface area contributed by atoms with Gasteiger partial charge < -0.3 is 9.73 Å². The summed E-state index contributed by atoms with van der Waals surface area (Å²) in [6.07, 6.45) is 8.04. The third kappa shape index (κ3) is 1.51. The van der Waals surface area contributed by atoms with Crippen LogP contribution in [0.3, 0.4) is 0 Å². The topological polar surface area (TPSA) is 25.2 Å². The van der Waals surface area contributed by atoms with Crippen LogP contribution in [0.1, 0.15) is 50.9 Å². The summed E-state index contributed by atoms with van der Waals surface area (Å²) in [5, 5.41) is 3.75. The zero-order chi connectivity index (χ0) is 11.2. The molecule has 2 heterocycles. The van der Waals surface area contributed by atoms with Crippen molar-refractivity contribution in [2.24, 2.45) is 5.41 Å². The number of fused-ring (bicyclic) bond motifs is 2. The molecule has 0 bridgehead atoms. The summed E-state index contributed by atoms with van der Waals surface area (Å²) in [5.41, 5.74) is 2.19. The first-order valence-corrected chi connectivity index (χ1v) is 6.43. The van der Waals surface area contributed by atoms with E-state index in [0.29, 0.717) is 5.41 Å². The Hall–Kier alpha value is -0.760. The van der Waals surface area contributed by atoms with Gasteiger partial charge in [-0.3, -0.25) is 0 Å². The molecule has 2 aliphatic rings. The summed E-state index contributed by atoms with van der Waals surface area (Å²) in [7, 11) is 0. The molecule has 1 N–H and O–H groups in total. The Bertz CT molecular complexity index is 381. The number of hydrogen-bond acceptors (Lipinski definition) is 2. The molecule has 1 fully saturated rings. The van der Waals surface area contributed by atoms with Crippen molar-refractivity contribution < 1.29 is 4.42 Å². The van der Waals surface area contributed by atoms with Crippen molar-refractivity contribution >= 4 is 0 Å². The second kappa shape index (κ2) is 3.36. The van der Waals surface area contributed by atoms with Crippen LogP contribution < -0.4 is 5.32 Å². The lowest BCUT2D eigenvalue weighted by molar-refractivity contribution is 0.126. The first-order chi connectivity index (χ1) is 7.61. The summed E-state index contributed by atoms with van der Waals surface area (Å²) < 4.78 is 5.60. The standard InChI is InChI=1S/C14H21NO/c1-13(2)5-7-14(8-6-13)11-4-10-16-12(11)3-9-15-14/h4,10,15H,3,5-9H2,1-2H3. The average Bonchev–Trinajstić information content (AvgIpc) is 2.72. The second-order valence-corrected chi connectivity index (χ2v) is 6.18. The van der Waals surface area contributed by atoms with Crippen molar-refractivity contribution in [2.45, 2.75) is 51.5 Å². The molecule has 1 aliphatic carbocycles. The quantitative estimate of drug-likeness (QED) is 0.724. The van der Waals surface area contributed by atoms with Crippen LogP contribution in [0.15, 0.2) is 16.7 Å². The molecule has 1 aromatic heterocycles. The predicted octanol–water partition coefficient (Wildman–Crippen LogP) is 3.22. The number of rotatable bonds is 0. The summed E-state index contributed by atoms with van der Waals surface area (Å²) in [6, 6.07) is 2.18. The van der Waals surface area contributed by atoms with Gasteiger partial charge in [-0.2, -0.15) is 0 Å². The van der Waals surface area contributed by atoms with E-state index in [0.717, 1.165) is 13.0 Å². The summed E-state index contributed by atoms with van der Waals surface area (Å²) >= 11 is 0. The minimum Gasteiger partial charge on any atom is -0.469 e. The molecule has 0 aromatic carbocycles. The van der Waals surface area contributed by atoms with Crippen LogP contribution >= 0.6 is 0 Å². The van der Waals surface area contributed by atoms with Crippen LogP contribution in [0.25, 0.3) is 0 Å². The molecule has 0 amide bonds. The average molecular weight is 219 g/mol. The minimum absolute atomic E-state index is 0.232. The fraction of sp³-hybridized carbons (Fsp3) is 0.714. The Balaban J connectivity index is 1.92. The zero-order valence-electron chi connectivity index (χ0n) is 10.3. The third-order valence-electron chi connectivity index (χ3n) is 4.53. The molecule has 0 unspecified atom stereocenters. The molecular formula is C14H21NO. The number of nitrogens with one attached hydrogen (secondary N) is 1. The molecule has 0 atom stereocenters. The molecular weight excluding hydrogens is 198 g/mol. The molecule has 2 heteroatoms. The molecule has 0 radical (unpaired) electrons. The van der Waals surface area contributed by atoms with Gasteiger partial charge in [0, 0.05) is 24.1 Å². The smallest absolute Gasteiger partial charge is 0.110 e. The highest BCUT2D eigenvalue weighted by molar-refractivity contribution is 5.30. The first kappa shape index (κ1) is 10.4. The van der Waals surface area contributed by atoms with Crippen molar-refractivity contribution in [3.63, 3.8) is 0 Å². The Labute approximate surface area is 97.4 Å². The van der Waals surface area contributed by atoms with Gasteiger partial charge in [-0.15, -0.1) is 0 Å². The fourth-order valence-electron chi connectivity index (χ4n) is 3.27. The van der Waals surface area contributed by atoms with Crippen molar-refractivity contribution in [1.82, 2.24) is 5.32 Å². The first-order valence-electron chi connectivity index (χ1n) is 6.43. The highest BCUT2D eigenvalue weighted by atomic mass is 16.3. The SMILES string of the molecule is CC1(C)CCC2(CC1)NCCc1occc12. The Morgan fingerprint density at radius 1 is 1.19 bits per heavy atom. The molecule has 16 heavy (non-hydrogen) atoms. The number of furan rings is 1. The monoisotopic (exact) mass is 219 g/mol. The largest absolute Gasteiger partial charge is 0.469 e. The van der Waals surface area contributed by atoms with E-state index < -0.39 is 0 Å². The van der Waals surface area contributed by atoms with Crippen molar-refractivity contribution in [3.8, 4) is 0 Å². The predicted molar refractivity (Wildman–Crippen MR) is 64.3 cm³/mol. The van der Waals surface area contributed by atoms with Crippen LogP contribution in [0.2, 0.25) is 0 Å². The van der Waals surface area contributed by atoms with Crippen molar-refractivity contribution in [2.75, 3.05) is 6.54 Å². The van der Waals surface area contributed by atoms with Gasteiger partial charge in [0.05, 0.1) is 6.26 Å². The summed E-state index contributed by atoms with van der Waals surface area (Å²) in [4.78, 5) is 0. The lowest BCUT2D eigenvalue weighted by Crippen LogP contribution is -2.50. The van der Waals surface area contributed by atoms with Crippen LogP contribution in [-0.4, -0.2) is 6.54 Å². The maximum atomic E-state index is 5.60. The van der Waals surface area contributed by atoms with Gasteiger partial charge in [0.15, 0.2) is 0 Å². The third-order valence-corrected chi connectivity index (χ3v) is 4.53. The lowest BCUT2D eigenvalue weighted by Gasteiger charge is -2.46. The van der Waals surface area contributed by atoms with Gasteiger partial charge >= 0.3 is 0 Å². The van der Waals surface area contributed by atoms with Crippen LogP contribution in [0, 0.1) is 5.41 Å². The fourth-order valence-corrected chi connectivity index (χ4v) is 3.27. The highest BCUT2D eigenvalue weighted by Crippen LogP contribution is 2.47. The van der Waals surface area contributed by atoms with Crippen molar-refractivity contribution in [3.05, 3.63) is 23.7 Å². The van der Waals surface area contributed by atoms with Gasteiger partial charge in [-0.1, -0.05) is 13.8 Å². The summed E-state index contributed by atoms with van der Waals surface area (Å²) in [6.45, 7) is 5.85. The van der Waals surface area contributed by atoms with E-state index >= 15 is 0 Å². The Morgan fingerprint density at radius 2 is 1.94 bits per heavy atom. The van der Waals surface area contributed by atoms with Gasteiger partial charge in [-0.25, -0.2) is 0 Å². The van der Waals surface area contributed by atoms with Crippen molar-refractivity contribution in [1.29, 1.82) is 0 Å². The maximum absolute atomic E-state index is 5.60.